The lowest BCUT2D eigenvalue weighted by Crippen LogP contribution is -2.16. The van der Waals surface area contributed by atoms with Gasteiger partial charge in [-0.05, 0) is 40.5 Å². The van der Waals surface area contributed by atoms with Crippen LogP contribution >= 0.6 is 0 Å². The largest absolute Gasteiger partial charge is 0.303 e. The molecule has 0 radical (unpaired) electrons. The van der Waals surface area contributed by atoms with Crippen molar-refractivity contribution in [3.05, 3.63) is 23.3 Å². The second-order valence-corrected chi connectivity index (χ2v) is 4.74. The molecule has 80 valence electrons. The highest BCUT2D eigenvalue weighted by atomic mass is 16.1. The molecule has 0 aliphatic carbocycles. The minimum atomic E-state index is -0.228. The molecule has 0 amide bonds. The van der Waals surface area contributed by atoms with E-state index in [9.17, 15) is 4.79 Å². The van der Waals surface area contributed by atoms with Crippen molar-refractivity contribution in [2.24, 2.45) is 5.41 Å². The van der Waals surface area contributed by atoms with Crippen LogP contribution in [-0.2, 0) is 4.79 Å². The molecule has 0 aliphatic rings. The zero-order valence-corrected chi connectivity index (χ0v) is 10.1. The molecule has 0 spiro atoms. The second kappa shape index (κ2) is 5.79. The van der Waals surface area contributed by atoms with Crippen molar-refractivity contribution in [3.8, 4) is 0 Å². The van der Waals surface area contributed by atoms with Gasteiger partial charge in [0.1, 0.15) is 6.29 Å². The highest BCUT2D eigenvalue weighted by Gasteiger charge is 2.20. The molecule has 0 saturated carbocycles. The van der Waals surface area contributed by atoms with Crippen LogP contribution in [0.15, 0.2) is 23.3 Å². The van der Waals surface area contributed by atoms with Crippen LogP contribution in [0.3, 0.4) is 0 Å². The Labute approximate surface area is 87.9 Å². The predicted molar refractivity (Wildman–Crippen MR) is 62.3 cm³/mol. The maximum absolute atomic E-state index is 11.0. The number of aldehydes is 1. The van der Waals surface area contributed by atoms with Crippen LogP contribution in [0, 0.1) is 5.41 Å². The van der Waals surface area contributed by atoms with Gasteiger partial charge in [0.25, 0.3) is 0 Å². The standard InChI is InChI=1S/C13H22O/c1-11(2)6-8-13(5,10-14)9-7-12(3)4/h6-7,10H,8-9H2,1-5H3. The maximum atomic E-state index is 11.0. The summed E-state index contributed by atoms with van der Waals surface area (Å²) >= 11 is 0. The molecule has 0 bridgehead atoms. The number of hydrogen-bond acceptors (Lipinski definition) is 1. The average Bonchev–Trinajstić information content (AvgIpc) is 2.11. The molecule has 0 heterocycles. The molecule has 0 aromatic heterocycles. The van der Waals surface area contributed by atoms with Gasteiger partial charge in [0, 0.05) is 5.41 Å². The number of hydrogen-bond donors (Lipinski definition) is 0. The van der Waals surface area contributed by atoms with Crippen LogP contribution in [-0.4, -0.2) is 6.29 Å². The zero-order valence-electron chi connectivity index (χ0n) is 10.1. The molecule has 0 fully saturated rings. The monoisotopic (exact) mass is 194 g/mol. The normalized spacial score (nSPS) is 10.6. The van der Waals surface area contributed by atoms with Crippen LogP contribution in [0.1, 0.15) is 47.5 Å². The van der Waals surface area contributed by atoms with E-state index in [1.54, 1.807) is 0 Å². The van der Waals surface area contributed by atoms with E-state index >= 15 is 0 Å². The van der Waals surface area contributed by atoms with Gasteiger partial charge in [0.15, 0.2) is 0 Å². The van der Waals surface area contributed by atoms with Crippen LogP contribution in [0.2, 0.25) is 0 Å². The molecule has 0 rings (SSSR count). The third-order valence-electron chi connectivity index (χ3n) is 2.24. The summed E-state index contributed by atoms with van der Waals surface area (Å²) in [5, 5.41) is 0. The SMILES string of the molecule is CC(C)=CCC(C)(C=O)CC=C(C)C. The first-order valence-corrected chi connectivity index (χ1v) is 5.13. The summed E-state index contributed by atoms with van der Waals surface area (Å²) in [5.74, 6) is 0. The molecule has 14 heavy (non-hydrogen) atoms. The molecule has 1 heteroatoms. The average molecular weight is 194 g/mol. The molecule has 0 aromatic carbocycles. The molecular formula is C13H22O. The van der Waals surface area contributed by atoms with E-state index in [-0.39, 0.29) is 5.41 Å². The fourth-order valence-corrected chi connectivity index (χ4v) is 1.05. The van der Waals surface area contributed by atoms with Crippen molar-refractivity contribution < 1.29 is 4.79 Å². The van der Waals surface area contributed by atoms with E-state index in [4.69, 9.17) is 0 Å². The summed E-state index contributed by atoms with van der Waals surface area (Å²) in [6, 6.07) is 0. The van der Waals surface area contributed by atoms with Gasteiger partial charge in [0.2, 0.25) is 0 Å². The Kier molecular flexibility index (Phi) is 5.44. The molecule has 0 unspecified atom stereocenters. The highest BCUT2D eigenvalue weighted by Crippen LogP contribution is 2.25. The zero-order chi connectivity index (χ0) is 11.2. The molecule has 1 nitrogen and oxygen atoms in total. The van der Waals surface area contributed by atoms with Gasteiger partial charge in [-0.15, -0.1) is 0 Å². The summed E-state index contributed by atoms with van der Waals surface area (Å²) in [7, 11) is 0. The topological polar surface area (TPSA) is 17.1 Å². The molecular weight excluding hydrogens is 172 g/mol. The Hall–Kier alpha value is -0.850. The maximum Gasteiger partial charge on any atom is 0.126 e. The summed E-state index contributed by atoms with van der Waals surface area (Å²) in [5.41, 5.74) is 2.32. The van der Waals surface area contributed by atoms with Crippen molar-refractivity contribution in [2.75, 3.05) is 0 Å². The van der Waals surface area contributed by atoms with Gasteiger partial charge in [-0.25, -0.2) is 0 Å². The highest BCUT2D eigenvalue weighted by molar-refractivity contribution is 5.59. The van der Waals surface area contributed by atoms with Crippen LogP contribution < -0.4 is 0 Å². The van der Waals surface area contributed by atoms with Gasteiger partial charge in [-0.3, -0.25) is 0 Å². The number of allylic oxidation sites excluding steroid dienone is 4. The van der Waals surface area contributed by atoms with Crippen molar-refractivity contribution in [1.82, 2.24) is 0 Å². The molecule has 0 atom stereocenters. The first-order chi connectivity index (χ1) is 6.39. The minimum Gasteiger partial charge on any atom is -0.303 e. The number of carbonyl (C=O) groups excluding carboxylic acids is 1. The van der Waals surface area contributed by atoms with Gasteiger partial charge >= 0.3 is 0 Å². The minimum absolute atomic E-state index is 0.228. The third kappa shape index (κ3) is 5.74. The summed E-state index contributed by atoms with van der Waals surface area (Å²) in [4.78, 5) is 11.0. The third-order valence-corrected chi connectivity index (χ3v) is 2.24. The van der Waals surface area contributed by atoms with E-state index in [2.05, 4.69) is 39.8 Å². The van der Waals surface area contributed by atoms with E-state index in [0.29, 0.717) is 0 Å². The van der Waals surface area contributed by atoms with Gasteiger partial charge < -0.3 is 4.79 Å². The summed E-state index contributed by atoms with van der Waals surface area (Å²) < 4.78 is 0. The van der Waals surface area contributed by atoms with Gasteiger partial charge in [-0.1, -0.05) is 30.2 Å². The Balaban J connectivity index is 4.40. The van der Waals surface area contributed by atoms with E-state index < -0.39 is 0 Å². The molecule has 0 N–H and O–H groups in total. The fraction of sp³-hybridized carbons (Fsp3) is 0.615. The van der Waals surface area contributed by atoms with Crippen LogP contribution in [0.4, 0.5) is 0 Å². The van der Waals surface area contributed by atoms with Crippen molar-refractivity contribution in [1.29, 1.82) is 0 Å². The Morgan fingerprint density at radius 3 is 1.57 bits per heavy atom. The van der Waals surface area contributed by atoms with Crippen LogP contribution in [0.25, 0.3) is 0 Å². The van der Waals surface area contributed by atoms with Gasteiger partial charge in [-0.2, -0.15) is 0 Å². The Morgan fingerprint density at radius 1 is 1.00 bits per heavy atom. The number of rotatable bonds is 5. The first kappa shape index (κ1) is 13.2. The van der Waals surface area contributed by atoms with Gasteiger partial charge in [0.05, 0.1) is 0 Å². The molecule has 0 aromatic rings. The van der Waals surface area contributed by atoms with Crippen molar-refractivity contribution in [2.45, 2.75) is 47.5 Å². The van der Waals surface area contributed by atoms with E-state index in [1.165, 1.54) is 11.1 Å². The van der Waals surface area contributed by atoms with Crippen molar-refractivity contribution in [3.63, 3.8) is 0 Å². The summed E-state index contributed by atoms with van der Waals surface area (Å²) in [6.45, 7) is 10.3. The Morgan fingerprint density at radius 2 is 1.36 bits per heavy atom. The van der Waals surface area contributed by atoms with Crippen LogP contribution in [0.5, 0.6) is 0 Å². The van der Waals surface area contributed by atoms with Crippen molar-refractivity contribution >= 4 is 6.29 Å². The lowest BCUT2D eigenvalue weighted by Gasteiger charge is -2.19. The quantitative estimate of drug-likeness (QED) is 0.479. The molecule has 0 aliphatic heterocycles. The van der Waals surface area contributed by atoms with E-state index in [1.807, 2.05) is 6.92 Å². The lowest BCUT2D eigenvalue weighted by molar-refractivity contribution is -0.115. The predicted octanol–water partition coefficient (Wildman–Crippen LogP) is 3.90. The molecule has 0 saturated heterocycles. The second-order valence-electron chi connectivity index (χ2n) is 4.74. The lowest BCUT2D eigenvalue weighted by atomic mass is 9.84. The smallest absolute Gasteiger partial charge is 0.126 e. The number of carbonyl (C=O) groups is 1. The summed E-state index contributed by atoms with van der Waals surface area (Å²) in [6.07, 6.45) is 7.01. The van der Waals surface area contributed by atoms with E-state index in [0.717, 1.165) is 19.1 Å². The fourth-order valence-electron chi connectivity index (χ4n) is 1.05. The first-order valence-electron chi connectivity index (χ1n) is 5.13. The Bertz CT molecular complexity index is 218.